The maximum absolute atomic E-state index is 13.1. The van der Waals surface area contributed by atoms with Crippen molar-refractivity contribution in [3.63, 3.8) is 0 Å². The van der Waals surface area contributed by atoms with E-state index in [1.807, 2.05) is 0 Å². The smallest absolute Gasteiger partial charge is 0.279 e. The Morgan fingerprint density at radius 3 is 2.79 bits per heavy atom. The van der Waals surface area contributed by atoms with Gasteiger partial charge in [-0.2, -0.15) is 9.61 Å². The average Bonchev–Trinajstić information content (AvgIpc) is 3.21. The van der Waals surface area contributed by atoms with E-state index in [0.29, 0.717) is 40.2 Å². The van der Waals surface area contributed by atoms with Crippen molar-refractivity contribution >= 4 is 28.9 Å². The molecule has 3 N–H and O–H groups in total. The van der Waals surface area contributed by atoms with Gasteiger partial charge in [0.25, 0.3) is 11.5 Å². The molecule has 1 fully saturated rings. The summed E-state index contributed by atoms with van der Waals surface area (Å²) < 4.78 is 3.00. The summed E-state index contributed by atoms with van der Waals surface area (Å²) in [6.07, 6.45) is 7.85. The first-order chi connectivity index (χ1) is 16.0. The molecule has 168 valence electrons. The minimum atomic E-state index is -0.292. The zero-order valence-corrected chi connectivity index (χ0v) is 18.2. The molecule has 33 heavy (non-hydrogen) atoms. The number of carbonyl (C=O) groups is 1. The normalized spacial score (nSPS) is 13.5. The molecule has 0 atom stereocenters. The molecule has 4 heterocycles. The molecule has 0 radical (unpaired) electrons. The lowest BCUT2D eigenvalue weighted by Gasteiger charge is -2.26. The van der Waals surface area contributed by atoms with Gasteiger partial charge in [0, 0.05) is 31.5 Å². The van der Waals surface area contributed by atoms with Crippen molar-refractivity contribution in [2.24, 2.45) is 0 Å². The highest BCUT2D eigenvalue weighted by Crippen LogP contribution is 2.23. The molecule has 11 heteroatoms. The topological polar surface area (TPSA) is 131 Å². The van der Waals surface area contributed by atoms with Gasteiger partial charge in [0.1, 0.15) is 34.5 Å². The van der Waals surface area contributed by atoms with Gasteiger partial charge in [0.05, 0.1) is 6.20 Å². The number of anilines is 3. The van der Waals surface area contributed by atoms with Gasteiger partial charge < -0.3 is 16.0 Å². The highest BCUT2D eigenvalue weighted by Gasteiger charge is 2.23. The van der Waals surface area contributed by atoms with Gasteiger partial charge in [0.15, 0.2) is 5.65 Å². The fourth-order valence-electron chi connectivity index (χ4n) is 3.67. The van der Waals surface area contributed by atoms with E-state index in [-0.39, 0.29) is 17.5 Å². The number of amides is 1. The Bertz CT molecular complexity index is 1400. The molecule has 11 nitrogen and oxygen atoms in total. The second-order valence-electron chi connectivity index (χ2n) is 7.86. The van der Waals surface area contributed by atoms with Gasteiger partial charge in [-0.05, 0) is 44.4 Å². The summed E-state index contributed by atoms with van der Waals surface area (Å²) in [6, 6.07) is 7.00. The van der Waals surface area contributed by atoms with Gasteiger partial charge in [-0.3, -0.25) is 14.2 Å². The number of rotatable bonds is 6. The first kappa shape index (κ1) is 20.6. The van der Waals surface area contributed by atoms with E-state index in [2.05, 4.69) is 36.0 Å². The molecule has 0 aromatic carbocycles. The second-order valence-corrected chi connectivity index (χ2v) is 7.86. The van der Waals surface area contributed by atoms with Crippen molar-refractivity contribution in [3.8, 4) is 5.82 Å². The van der Waals surface area contributed by atoms with Crippen LogP contribution in [0.25, 0.3) is 11.5 Å². The summed E-state index contributed by atoms with van der Waals surface area (Å²) in [5, 5.41) is 13.5. The van der Waals surface area contributed by atoms with Gasteiger partial charge in [-0.25, -0.2) is 15.0 Å². The highest BCUT2D eigenvalue weighted by molar-refractivity contribution is 6.00. The maximum atomic E-state index is 13.1. The molecule has 5 rings (SSSR count). The Labute approximate surface area is 188 Å². The van der Waals surface area contributed by atoms with Crippen LogP contribution in [0.5, 0.6) is 0 Å². The molecule has 1 aliphatic carbocycles. The first-order valence-corrected chi connectivity index (χ1v) is 10.7. The number of carbonyl (C=O) groups excluding carboxylic acids is 1. The van der Waals surface area contributed by atoms with Crippen LogP contribution in [-0.2, 0) is 0 Å². The standard InChI is InChI=1S/C22H23N9O2/c1-13-24-9-8-18(26-13)30-10-4-7-16(22(30)33)28-17-11-19(23-2)31-20(29-17)15(12-25-31)21(32)27-14-5-3-6-14/h4,7-12,14,23H,3,5-6H2,1-2H3,(H,27,32)(H,28,29). The SMILES string of the molecule is CNc1cc(Nc2cccn(-c3ccnc(C)n3)c2=O)nc2c(C(=O)NC3CCC3)cnn12. The third kappa shape index (κ3) is 3.88. The number of fused-ring (bicyclic) bond motifs is 1. The average molecular weight is 445 g/mol. The highest BCUT2D eigenvalue weighted by atomic mass is 16.2. The minimum Gasteiger partial charge on any atom is -0.373 e. The summed E-state index contributed by atoms with van der Waals surface area (Å²) in [7, 11) is 1.75. The van der Waals surface area contributed by atoms with Crippen LogP contribution in [0.2, 0.25) is 0 Å². The third-order valence-electron chi connectivity index (χ3n) is 5.63. The molecule has 0 unspecified atom stereocenters. The van der Waals surface area contributed by atoms with E-state index in [1.165, 1.54) is 10.8 Å². The molecule has 0 bridgehead atoms. The Morgan fingerprint density at radius 1 is 1.21 bits per heavy atom. The predicted octanol–water partition coefficient (Wildman–Crippen LogP) is 2.05. The number of aryl methyl sites for hydroxylation is 1. The van der Waals surface area contributed by atoms with Crippen molar-refractivity contribution in [3.05, 3.63) is 64.6 Å². The first-order valence-electron chi connectivity index (χ1n) is 10.7. The van der Waals surface area contributed by atoms with Crippen molar-refractivity contribution in [1.82, 2.24) is 34.4 Å². The zero-order chi connectivity index (χ0) is 22.9. The molecule has 1 saturated carbocycles. The van der Waals surface area contributed by atoms with Gasteiger partial charge in [-0.1, -0.05) is 0 Å². The lowest BCUT2D eigenvalue weighted by Crippen LogP contribution is -2.39. The largest absolute Gasteiger partial charge is 0.373 e. The molecule has 4 aromatic rings. The molecule has 1 amide bonds. The fourth-order valence-corrected chi connectivity index (χ4v) is 3.67. The molecular weight excluding hydrogens is 422 g/mol. The van der Waals surface area contributed by atoms with Crippen LogP contribution in [0.1, 0.15) is 35.4 Å². The predicted molar refractivity (Wildman–Crippen MR) is 123 cm³/mol. The Morgan fingerprint density at radius 2 is 2.06 bits per heavy atom. The summed E-state index contributed by atoms with van der Waals surface area (Å²) in [4.78, 5) is 38.9. The fraction of sp³-hybridized carbons (Fsp3) is 0.273. The number of aromatic nitrogens is 6. The van der Waals surface area contributed by atoms with E-state index in [1.54, 1.807) is 55.1 Å². The minimum absolute atomic E-state index is 0.200. The Balaban J connectivity index is 1.51. The van der Waals surface area contributed by atoms with E-state index in [9.17, 15) is 9.59 Å². The van der Waals surface area contributed by atoms with Gasteiger partial charge >= 0.3 is 0 Å². The molecular formula is C22H23N9O2. The summed E-state index contributed by atoms with van der Waals surface area (Å²) in [5.41, 5.74) is 0.792. The van der Waals surface area contributed by atoms with Crippen LogP contribution in [-0.4, -0.2) is 48.1 Å². The van der Waals surface area contributed by atoms with Gasteiger partial charge in [0.2, 0.25) is 0 Å². The number of hydrogen-bond donors (Lipinski definition) is 3. The number of hydrogen-bond acceptors (Lipinski definition) is 8. The van der Waals surface area contributed by atoms with E-state index < -0.39 is 0 Å². The van der Waals surface area contributed by atoms with Crippen molar-refractivity contribution in [1.29, 1.82) is 0 Å². The number of nitrogens with one attached hydrogen (secondary N) is 3. The van der Waals surface area contributed by atoms with Crippen LogP contribution in [0.15, 0.2) is 47.7 Å². The molecule has 0 saturated heterocycles. The van der Waals surface area contributed by atoms with Crippen LogP contribution < -0.4 is 21.5 Å². The molecule has 0 spiro atoms. The molecule has 0 aliphatic heterocycles. The number of pyridine rings is 1. The Hall–Kier alpha value is -4.28. The van der Waals surface area contributed by atoms with Crippen molar-refractivity contribution in [2.75, 3.05) is 17.7 Å². The van der Waals surface area contributed by atoms with E-state index >= 15 is 0 Å². The quantitative estimate of drug-likeness (QED) is 0.411. The van der Waals surface area contributed by atoms with Crippen LogP contribution in [0, 0.1) is 6.92 Å². The van der Waals surface area contributed by atoms with Crippen LogP contribution >= 0.6 is 0 Å². The van der Waals surface area contributed by atoms with Gasteiger partial charge in [-0.15, -0.1) is 0 Å². The summed E-state index contributed by atoms with van der Waals surface area (Å²) in [6.45, 7) is 1.76. The lowest BCUT2D eigenvalue weighted by atomic mass is 9.93. The molecule has 1 aliphatic rings. The maximum Gasteiger partial charge on any atom is 0.279 e. The van der Waals surface area contributed by atoms with Crippen molar-refractivity contribution in [2.45, 2.75) is 32.2 Å². The van der Waals surface area contributed by atoms with Crippen LogP contribution in [0.3, 0.4) is 0 Å². The monoisotopic (exact) mass is 445 g/mol. The molecule has 4 aromatic heterocycles. The Kier molecular flexibility index (Phi) is 5.21. The number of nitrogens with zero attached hydrogens (tertiary/aromatic N) is 6. The zero-order valence-electron chi connectivity index (χ0n) is 18.2. The summed E-state index contributed by atoms with van der Waals surface area (Å²) >= 11 is 0. The van der Waals surface area contributed by atoms with E-state index in [0.717, 1.165) is 19.3 Å². The van der Waals surface area contributed by atoms with E-state index in [4.69, 9.17) is 0 Å². The summed E-state index contributed by atoms with van der Waals surface area (Å²) in [5.74, 6) is 1.85. The van der Waals surface area contributed by atoms with Crippen LogP contribution in [0.4, 0.5) is 17.3 Å². The lowest BCUT2D eigenvalue weighted by molar-refractivity contribution is 0.0918. The second kappa shape index (κ2) is 8.34. The third-order valence-corrected chi connectivity index (χ3v) is 5.63. The van der Waals surface area contributed by atoms with Crippen molar-refractivity contribution < 1.29 is 4.79 Å².